The van der Waals surface area contributed by atoms with Gasteiger partial charge in [-0.05, 0) is 61.2 Å². The zero-order valence-electron chi connectivity index (χ0n) is 11.9. The molecule has 0 amide bonds. The van der Waals surface area contributed by atoms with Gasteiger partial charge in [-0.1, -0.05) is 29.3 Å². The van der Waals surface area contributed by atoms with Gasteiger partial charge in [-0.2, -0.15) is 5.53 Å². The van der Waals surface area contributed by atoms with Crippen LogP contribution in [0.5, 0.6) is 0 Å². The number of nitrogens with one attached hydrogen (secondary N) is 1. The standard InChI is InChI=1S/C12H10Cl2N10/c13-8-5-6(1-3-9(8)15)7-2-4-10(16)11(14)12(7)18-20-22-24-23-21-19-17/h1-5,17H,15-16H2. The fourth-order valence-electron chi connectivity index (χ4n) is 1.74. The molecule has 0 radical (unpaired) electrons. The van der Waals surface area contributed by atoms with Gasteiger partial charge in [0.25, 0.3) is 0 Å². The summed E-state index contributed by atoms with van der Waals surface area (Å²) in [5, 5.41) is 22.9. The van der Waals surface area contributed by atoms with Crippen LogP contribution in [0.25, 0.3) is 11.1 Å². The van der Waals surface area contributed by atoms with Crippen molar-refractivity contribution in [3.63, 3.8) is 0 Å². The summed E-state index contributed by atoms with van der Waals surface area (Å²) in [5.74, 6) is 0. The van der Waals surface area contributed by atoms with Gasteiger partial charge in [0.2, 0.25) is 0 Å². The second-order valence-electron chi connectivity index (χ2n) is 4.25. The van der Waals surface area contributed by atoms with E-state index in [0.29, 0.717) is 22.0 Å². The highest BCUT2D eigenvalue weighted by Crippen LogP contribution is 2.41. The lowest BCUT2D eigenvalue weighted by atomic mass is 10.0. The predicted octanol–water partition coefficient (Wildman–Crippen LogP) is 5.59. The molecule has 0 aliphatic carbocycles. The SMILES string of the molecule is N=NN=NN=NN=Nc1c(-c2ccc(N)c(Cl)c2)ccc(N)c1Cl. The largest absolute Gasteiger partial charge is 0.398 e. The highest BCUT2D eigenvalue weighted by Gasteiger charge is 2.13. The van der Waals surface area contributed by atoms with Crippen LogP contribution < -0.4 is 11.5 Å². The molecule has 10 nitrogen and oxygen atoms in total. The van der Waals surface area contributed by atoms with Crippen LogP contribution in [0.15, 0.2) is 66.8 Å². The van der Waals surface area contributed by atoms with Crippen LogP contribution in [0.2, 0.25) is 10.0 Å². The van der Waals surface area contributed by atoms with Crippen molar-refractivity contribution in [2.45, 2.75) is 0 Å². The molecule has 0 saturated heterocycles. The fourth-order valence-corrected chi connectivity index (χ4v) is 2.13. The minimum Gasteiger partial charge on any atom is -0.398 e. The van der Waals surface area contributed by atoms with Crippen LogP contribution in [0.1, 0.15) is 0 Å². The van der Waals surface area contributed by atoms with E-state index in [0.717, 1.165) is 5.56 Å². The average Bonchev–Trinajstić information content (AvgIpc) is 2.57. The monoisotopic (exact) mass is 364 g/mol. The van der Waals surface area contributed by atoms with E-state index < -0.39 is 0 Å². The molecule has 122 valence electrons. The number of rotatable bonds is 5. The molecule has 0 heterocycles. The topological polar surface area (TPSA) is 162 Å². The van der Waals surface area contributed by atoms with E-state index in [1.54, 1.807) is 30.3 Å². The van der Waals surface area contributed by atoms with Crippen molar-refractivity contribution in [1.29, 1.82) is 5.53 Å². The lowest BCUT2D eigenvalue weighted by Gasteiger charge is -2.10. The van der Waals surface area contributed by atoms with E-state index in [-0.39, 0.29) is 10.7 Å². The Kier molecular flexibility index (Phi) is 5.82. The van der Waals surface area contributed by atoms with Gasteiger partial charge in [-0.3, -0.25) is 0 Å². The van der Waals surface area contributed by atoms with Crippen LogP contribution >= 0.6 is 23.2 Å². The van der Waals surface area contributed by atoms with E-state index in [4.69, 9.17) is 40.2 Å². The van der Waals surface area contributed by atoms with Crippen molar-refractivity contribution in [1.82, 2.24) is 0 Å². The smallest absolute Gasteiger partial charge is 0.116 e. The third kappa shape index (κ3) is 4.06. The van der Waals surface area contributed by atoms with E-state index in [1.165, 1.54) is 0 Å². The Bertz CT molecular complexity index is 846. The minimum absolute atomic E-state index is 0.196. The normalized spacial score (nSPS) is 11.8. The molecule has 0 aliphatic rings. The fraction of sp³-hybridized carbons (Fsp3) is 0. The number of nitrogen functional groups attached to an aromatic ring is 2. The zero-order chi connectivity index (χ0) is 17.5. The molecular formula is C12H10Cl2N10. The average molecular weight is 365 g/mol. The Hall–Kier alpha value is -2.98. The third-order valence-corrected chi connectivity index (χ3v) is 3.53. The number of nitrogens with zero attached hydrogens (tertiary/aromatic N) is 7. The number of benzene rings is 2. The van der Waals surface area contributed by atoms with Gasteiger partial charge in [0.15, 0.2) is 0 Å². The van der Waals surface area contributed by atoms with E-state index in [1.807, 2.05) is 0 Å². The van der Waals surface area contributed by atoms with Crippen LogP contribution in [0.3, 0.4) is 0 Å². The Labute approximate surface area is 145 Å². The molecule has 0 spiro atoms. The summed E-state index contributed by atoms with van der Waals surface area (Å²) >= 11 is 12.2. The first-order chi connectivity index (χ1) is 11.5. The molecule has 2 rings (SSSR count). The van der Waals surface area contributed by atoms with Crippen molar-refractivity contribution in [2.75, 3.05) is 11.5 Å². The number of nitrogens with two attached hydrogens (primary N) is 2. The summed E-state index contributed by atoms with van der Waals surface area (Å²) < 4.78 is 0. The van der Waals surface area contributed by atoms with E-state index in [2.05, 4.69) is 36.5 Å². The first-order valence-corrected chi connectivity index (χ1v) is 7.01. The molecule has 0 aliphatic heterocycles. The van der Waals surface area contributed by atoms with Crippen LogP contribution in [-0.4, -0.2) is 0 Å². The molecule has 0 saturated carbocycles. The lowest BCUT2D eigenvalue weighted by Crippen LogP contribution is -1.90. The highest BCUT2D eigenvalue weighted by molar-refractivity contribution is 6.36. The summed E-state index contributed by atoms with van der Waals surface area (Å²) in [4.78, 5) is 0. The van der Waals surface area contributed by atoms with Gasteiger partial charge < -0.3 is 11.5 Å². The first-order valence-electron chi connectivity index (χ1n) is 6.25. The summed E-state index contributed by atoms with van der Waals surface area (Å²) in [7, 11) is 0. The molecule has 0 aromatic heterocycles. The van der Waals surface area contributed by atoms with Crippen molar-refractivity contribution < 1.29 is 0 Å². The first kappa shape index (κ1) is 17.4. The maximum atomic E-state index is 6.38. The molecule has 0 fully saturated rings. The van der Waals surface area contributed by atoms with Crippen molar-refractivity contribution in [2.24, 2.45) is 36.5 Å². The number of hydrogen-bond acceptors (Lipinski definition) is 4. The van der Waals surface area contributed by atoms with Crippen molar-refractivity contribution in [3.05, 3.63) is 40.4 Å². The van der Waals surface area contributed by atoms with Crippen LogP contribution in [-0.2, 0) is 0 Å². The zero-order valence-corrected chi connectivity index (χ0v) is 13.4. The van der Waals surface area contributed by atoms with Gasteiger partial charge >= 0.3 is 0 Å². The molecular weight excluding hydrogens is 355 g/mol. The Morgan fingerprint density at radius 2 is 1.50 bits per heavy atom. The van der Waals surface area contributed by atoms with Gasteiger partial charge in [0, 0.05) is 5.56 Å². The van der Waals surface area contributed by atoms with E-state index >= 15 is 0 Å². The maximum Gasteiger partial charge on any atom is 0.116 e. The maximum absolute atomic E-state index is 6.38. The molecule has 5 N–H and O–H groups in total. The van der Waals surface area contributed by atoms with Gasteiger partial charge in [0.05, 0.1) is 21.4 Å². The van der Waals surface area contributed by atoms with Gasteiger partial charge in [-0.25, -0.2) is 0 Å². The second kappa shape index (κ2) is 8.04. The predicted molar refractivity (Wildman–Crippen MR) is 90.1 cm³/mol. The van der Waals surface area contributed by atoms with Crippen molar-refractivity contribution in [3.8, 4) is 11.1 Å². The molecule has 2 aromatic carbocycles. The number of anilines is 2. The summed E-state index contributed by atoms with van der Waals surface area (Å²) in [6.45, 7) is 0. The molecule has 24 heavy (non-hydrogen) atoms. The van der Waals surface area contributed by atoms with E-state index in [9.17, 15) is 0 Å². The third-order valence-electron chi connectivity index (χ3n) is 2.81. The number of halogens is 2. The summed E-state index contributed by atoms with van der Waals surface area (Å²) in [5.41, 5.74) is 20.3. The molecule has 0 atom stereocenters. The van der Waals surface area contributed by atoms with Crippen LogP contribution in [0.4, 0.5) is 17.1 Å². The Morgan fingerprint density at radius 1 is 0.833 bits per heavy atom. The summed E-state index contributed by atoms with van der Waals surface area (Å²) in [6, 6.07) is 8.43. The molecule has 0 bridgehead atoms. The van der Waals surface area contributed by atoms with Gasteiger partial charge in [0.1, 0.15) is 5.69 Å². The summed E-state index contributed by atoms with van der Waals surface area (Å²) in [6.07, 6.45) is 0. The Morgan fingerprint density at radius 3 is 2.21 bits per heavy atom. The number of hydrogen-bond donors (Lipinski definition) is 3. The quantitative estimate of drug-likeness (QED) is 0.358. The minimum atomic E-state index is 0.196. The molecule has 2 aromatic rings. The van der Waals surface area contributed by atoms with Crippen molar-refractivity contribution >= 4 is 40.3 Å². The highest BCUT2D eigenvalue weighted by atomic mass is 35.5. The molecule has 12 heteroatoms. The Balaban J connectivity index is 2.45. The van der Waals surface area contributed by atoms with Crippen LogP contribution in [0, 0.1) is 5.53 Å². The van der Waals surface area contributed by atoms with Gasteiger partial charge in [-0.15, -0.1) is 5.11 Å². The molecule has 0 unspecified atom stereocenters. The lowest BCUT2D eigenvalue weighted by molar-refractivity contribution is 0.792. The second-order valence-corrected chi connectivity index (χ2v) is 5.03.